The minimum absolute atomic E-state index is 0.162. The molecule has 5 nitrogen and oxygen atoms in total. The molecule has 0 N–H and O–H groups in total. The summed E-state index contributed by atoms with van der Waals surface area (Å²) in [6.07, 6.45) is 1.32. The van der Waals surface area contributed by atoms with Crippen LogP contribution < -0.4 is 19.6 Å². The van der Waals surface area contributed by atoms with E-state index < -0.39 is 0 Å². The van der Waals surface area contributed by atoms with E-state index in [1.165, 1.54) is 33.7 Å². The Hall–Kier alpha value is -2.17. The Labute approximate surface area is 97.5 Å². The summed E-state index contributed by atoms with van der Waals surface area (Å²) >= 11 is 0. The van der Waals surface area contributed by atoms with Crippen LogP contribution >= 0.6 is 0 Å². The fourth-order valence-corrected chi connectivity index (χ4v) is 1.68. The third kappa shape index (κ3) is 1.69. The van der Waals surface area contributed by atoms with Gasteiger partial charge in [-0.2, -0.15) is 0 Å². The predicted octanol–water partition coefficient (Wildman–Crippen LogP) is 1.82. The third-order valence-corrected chi connectivity index (χ3v) is 2.46. The molecule has 0 fully saturated rings. The van der Waals surface area contributed by atoms with Crippen LogP contribution in [-0.2, 0) is 0 Å². The van der Waals surface area contributed by atoms with Crippen molar-refractivity contribution in [2.24, 2.45) is 0 Å². The highest BCUT2D eigenvalue weighted by atomic mass is 16.5. The van der Waals surface area contributed by atoms with Gasteiger partial charge >= 0.3 is 0 Å². The molecule has 0 saturated heterocycles. The summed E-state index contributed by atoms with van der Waals surface area (Å²) in [5, 5.41) is 0.391. The Morgan fingerprint density at radius 3 is 2.35 bits per heavy atom. The largest absolute Gasteiger partial charge is 0.493 e. The van der Waals surface area contributed by atoms with E-state index in [1.807, 2.05) is 0 Å². The van der Waals surface area contributed by atoms with E-state index in [1.54, 1.807) is 6.07 Å². The van der Waals surface area contributed by atoms with Crippen molar-refractivity contribution >= 4 is 11.0 Å². The van der Waals surface area contributed by atoms with Gasteiger partial charge in [-0.25, -0.2) is 0 Å². The molecule has 17 heavy (non-hydrogen) atoms. The third-order valence-electron chi connectivity index (χ3n) is 2.46. The Morgan fingerprint density at radius 1 is 1.06 bits per heavy atom. The Balaban J connectivity index is 2.94. The van der Waals surface area contributed by atoms with Crippen molar-refractivity contribution in [3.05, 3.63) is 28.6 Å². The van der Waals surface area contributed by atoms with Gasteiger partial charge < -0.3 is 18.6 Å². The molecule has 0 bridgehead atoms. The lowest BCUT2D eigenvalue weighted by Gasteiger charge is -2.13. The van der Waals surface area contributed by atoms with Gasteiger partial charge in [-0.3, -0.25) is 4.79 Å². The van der Waals surface area contributed by atoms with Gasteiger partial charge in [0.25, 0.3) is 0 Å². The molecule has 0 aliphatic carbocycles. The van der Waals surface area contributed by atoms with Gasteiger partial charge in [0.2, 0.25) is 11.5 Å². The van der Waals surface area contributed by atoms with Crippen molar-refractivity contribution in [2.45, 2.75) is 0 Å². The van der Waals surface area contributed by atoms with Crippen molar-refractivity contribution in [3.8, 4) is 17.2 Å². The first-order valence-electron chi connectivity index (χ1n) is 4.93. The molecule has 5 heteroatoms. The average molecular weight is 236 g/mol. The molecule has 0 saturated carbocycles. The summed E-state index contributed by atoms with van der Waals surface area (Å²) < 4.78 is 20.9. The van der Waals surface area contributed by atoms with Crippen LogP contribution in [0.25, 0.3) is 11.0 Å². The molecule has 1 aromatic heterocycles. The van der Waals surface area contributed by atoms with Gasteiger partial charge in [-0.15, -0.1) is 0 Å². The van der Waals surface area contributed by atoms with Gasteiger partial charge in [0.15, 0.2) is 16.8 Å². The minimum atomic E-state index is -0.162. The molecule has 0 amide bonds. The maximum atomic E-state index is 11.7. The zero-order valence-corrected chi connectivity index (χ0v) is 9.77. The monoisotopic (exact) mass is 236 g/mol. The van der Waals surface area contributed by atoms with Crippen LogP contribution in [-0.4, -0.2) is 21.3 Å². The number of hydrogen-bond acceptors (Lipinski definition) is 5. The quantitative estimate of drug-likeness (QED) is 0.813. The fraction of sp³-hybridized carbons (Fsp3) is 0.250. The lowest BCUT2D eigenvalue weighted by molar-refractivity contribution is 0.323. The average Bonchev–Trinajstić information content (AvgIpc) is 2.36. The maximum absolute atomic E-state index is 11.7. The minimum Gasteiger partial charge on any atom is -0.493 e. The zero-order valence-electron chi connectivity index (χ0n) is 9.77. The molecular weight excluding hydrogens is 224 g/mol. The predicted molar refractivity (Wildman–Crippen MR) is 62.1 cm³/mol. The van der Waals surface area contributed by atoms with Gasteiger partial charge in [0, 0.05) is 6.07 Å². The molecule has 0 spiro atoms. The molecule has 1 heterocycles. The van der Waals surface area contributed by atoms with Crippen LogP contribution in [0.3, 0.4) is 0 Å². The standard InChI is InChI=1S/C12H12O5/c1-14-9-6-7-8(13)4-5-17-10(7)12(16-3)11(9)15-2/h4-6H,1-3H3. The van der Waals surface area contributed by atoms with Gasteiger partial charge in [0.05, 0.1) is 33.0 Å². The molecular formula is C12H12O5. The van der Waals surface area contributed by atoms with E-state index in [0.29, 0.717) is 28.2 Å². The highest BCUT2D eigenvalue weighted by Crippen LogP contribution is 2.42. The molecule has 1 aromatic carbocycles. The van der Waals surface area contributed by atoms with Crippen molar-refractivity contribution in [1.29, 1.82) is 0 Å². The lowest BCUT2D eigenvalue weighted by atomic mass is 10.2. The van der Waals surface area contributed by atoms with E-state index in [0.717, 1.165) is 0 Å². The Morgan fingerprint density at radius 2 is 1.76 bits per heavy atom. The van der Waals surface area contributed by atoms with Crippen molar-refractivity contribution in [3.63, 3.8) is 0 Å². The van der Waals surface area contributed by atoms with E-state index in [4.69, 9.17) is 18.6 Å². The number of fused-ring (bicyclic) bond motifs is 1. The second-order valence-electron chi connectivity index (χ2n) is 3.31. The van der Waals surface area contributed by atoms with E-state index >= 15 is 0 Å². The van der Waals surface area contributed by atoms with Crippen molar-refractivity contribution in [2.75, 3.05) is 21.3 Å². The molecule has 0 aliphatic heterocycles. The van der Waals surface area contributed by atoms with Crippen LogP contribution in [0, 0.1) is 0 Å². The van der Waals surface area contributed by atoms with Crippen LogP contribution in [0.4, 0.5) is 0 Å². The summed E-state index contributed by atoms with van der Waals surface area (Å²) in [4.78, 5) is 11.7. The Kier molecular flexibility index (Phi) is 2.91. The second kappa shape index (κ2) is 4.37. The number of hydrogen-bond donors (Lipinski definition) is 0. The normalized spacial score (nSPS) is 10.3. The molecule has 0 aliphatic rings. The topological polar surface area (TPSA) is 57.9 Å². The number of benzene rings is 1. The van der Waals surface area contributed by atoms with E-state index in [2.05, 4.69) is 0 Å². The van der Waals surface area contributed by atoms with Crippen molar-refractivity contribution in [1.82, 2.24) is 0 Å². The molecule has 0 unspecified atom stereocenters. The van der Waals surface area contributed by atoms with Crippen LogP contribution in [0.2, 0.25) is 0 Å². The zero-order chi connectivity index (χ0) is 12.4. The van der Waals surface area contributed by atoms with Crippen LogP contribution in [0.5, 0.6) is 17.2 Å². The summed E-state index contributed by atoms with van der Waals surface area (Å²) in [5.41, 5.74) is 0.183. The Bertz CT molecular complexity index is 600. The number of methoxy groups -OCH3 is 3. The molecule has 2 aromatic rings. The molecule has 0 radical (unpaired) electrons. The van der Waals surface area contributed by atoms with Gasteiger partial charge in [-0.05, 0) is 6.07 Å². The summed E-state index contributed by atoms with van der Waals surface area (Å²) in [7, 11) is 4.46. The van der Waals surface area contributed by atoms with Crippen LogP contribution in [0.15, 0.2) is 27.6 Å². The SMILES string of the molecule is COc1cc2c(=O)ccoc2c(OC)c1OC. The van der Waals surface area contributed by atoms with E-state index in [-0.39, 0.29) is 5.43 Å². The summed E-state index contributed by atoms with van der Waals surface area (Å²) in [6, 6.07) is 2.91. The first-order valence-corrected chi connectivity index (χ1v) is 4.93. The van der Waals surface area contributed by atoms with E-state index in [9.17, 15) is 4.79 Å². The smallest absolute Gasteiger partial charge is 0.208 e. The highest BCUT2D eigenvalue weighted by molar-refractivity contribution is 5.87. The molecule has 2 rings (SSSR count). The summed E-state index contributed by atoms with van der Waals surface area (Å²) in [6.45, 7) is 0. The van der Waals surface area contributed by atoms with Gasteiger partial charge in [-0.1, -0.05) is 0 Å². The molecule has 90 valence electrons. The second-order valence-corrected chi connectivity index (χ2v) is 3.31. The number of ether oxygens (including phenoxy) is 3. The molecule has 0 atom stereocenters. The first-order chi connectivity index (χ1) is 8.22. The van der Waals surface area contributed by atoms with Crippen molar-refractivity contribution < 1.29 is 18.6 Å². The fourth-order valence-electron chi connectivity index (χ4n) is 1.68. The summed E-state index contributed by atoms with van der Waals surface area (Å²) in [5.74, 6) is 1.17. The lowest BCUT2D eigenvalue weighted by Crippen LogP contribution is -2.02. The maximum Gasteiger partial charge on any atom is 0.208 e. The highest BCUT2D eigenvalue weighted by Gasteiger charge is 2.18. The number of rotatable bonds is 3. The van der Waals surface area contributed by atoms with Gasteiger partial charge in [0.1, 0.15) is 0 Å². The van der Waals surface area contributed by atoms with Crippen LogP contribution in [0.1, 0.15) is 0 Å². The first kappa shape index (κ1) is 11.3.